The van der Waals surface area contributed by atoms with Gasteiger partial charge in [-0.15, -0.1) is 0 Å². The van der Waals surface area contributed by atoms with E-state index in [9.17, 15) is 9.59 Å². The summed E-state index contributed by atoms with van der Waals surface area (Å²) < 4.78 is 2.73. The monoisotopic (exact) mass is 353 g/mol. The minimum Gasteiger partial charge on any atom is -0.267 e. The van der Waals surface area contributed by atoms with Gasteiger partial charge in [0.25, 0.3) is 5.56 Å². The summed E-state index contributed by atoms with van der Waals surface area (Å²) in [6.45, 7) is 7.44. The summed E-state index contributed by atoms with van der Waals surface area (Å²) in [5, 5.41) is 4.33. The lowest BCUT2D eigenvalue weighted by molar-refractivity contribution is 0.335. The molecule has 0 aromatic rings. The number of fused-ring (bicyclic) bond motifs is 1. The second kappa shape index (κ2) is 7.59. The van der Waals surface area contributed by atoms with E-state index in [-0.39, 0.29) is 23.1 Å². The molecule has 7 nitrogen and oxygen atoms in total. The van der Waals surface area contributed by atoms with E-state index in [2.05, 4.69) is 28.2 Å². The molecule has 0 unspecified atom stereocenters. The van der Waals surface area contributed by atoms with E-state index < -0.39 is 5.69 Å². The Hall–Kier alpha value is -2.83. The molecule has 0 spiro atoms. The van der Waals surface area contributed by atoms with Crippen molar-refractivity contribution in [2.75, 3.05) is 0 Å². The SMILES string of the molecule is C=C/C=C(\C=C)Cc1nc2c(=O)n(C3CCCCC3)c(=O)nc-2n(C)n1. The molecule has 0 amide bonds. The van der Waals surface area contributed by atoms with Gasteiger partial charge in [0.1, 0.15) is 0 Å². The molecule has 1 fully saturated rings. The van der Waals surface area contributed by atoms with Gasteiger partial charge < -0.3 is 0 Å². The van der Waals surface area contributed by atoms with Crippen molar-refractivity contribution in [1.29, 1.82) is 0 Å². The third-order valence-corrected chi connectivity index (χ3v) is 4.75. The maximum atomic E-state index is 13.0. The fraction of sp³-hybridized carbons (Fsp3) is 0.421. The van der Waals surface area contributed by atoms with Crippen LogP contribution in [0.1, 0.15) is 44.0 Å². The van der Waals surface area contributed by atoms with Gasteiger partial charge >= 0.3 is 5.69 Å². The van der Waals surface area contributed by atoms with E-state index in [0.29, 0.717) is 12.2 Å². The van der Waals surface area contributed by atoms with Gasteiger partial charge in [0, 0.05) is 19.5 Å². The second-order valence-electron chi connectivity index (χ2n) is 6.54. The van der Waals surface area contributed by atoms with Gasteiger partial charge in [-0.3, -0.25) is 9.36 Å². The van der Waals surface area contributed by atoms with E-state index in [1.54, 1.807) is 19.2 Å². The lowest BCUT2D eigenvalue weighted by Crippen LogP contribution is -2.42. The maximum absolute atomic E-state index is 13.0. The largest absolute Gasteiger partial charge is 0.352 e. The Morgan fingerprint density at radius 1 is 1.19 bits per heavy atom. The lowest BCUT2D eigenvalue weighted by atomic mass is 9.95. The van der Waals surface area contributed by atoms with Crippen molar-refractivity contribution < 1.29 is 0 Å². The third kappa shape index (κ3) is 3.42. The molecule has 1 saturated carbocycles. The quantitative estimate of drug-likeness (QED) is 0.770. The molecular formula is C19H23N5O2. The first kappa shape index (κ1) is 18.0. The zero-order chi connectivity index (χ0) is 18.7. The molecule has 26 heavy (non-hydrogen) atoms. The highest BCUT2D eigenvalue weighted by Gasteiger charge is 2.25. The van der Waals surface area contributed by atoms with Gasteiger partial charge in [0.05, 0.1) is 0 Å². The zero-order valence-electron chi connectivity index (χ0n) is 15.0. The normalized spacial score (nSPS) is 16.0. The van der Waals surface area contributed by atoms with Gasteiger partial charge in [-0.25, -0.2) is 14.5 Å². The zero-order valence-corrected chi connectivity index (χ0v) is 15.0. The predicted octanol–water partition coefficient (Wildman–Crippen LogP) is 2.18. The highest BCUT2D eigenvalue weighted by Crippen LogP contribution is 2.26. The molecule has 2 aliphatic heterocycles. The van der Waals surface area contributed by atoms with Crippen LogP contribution >= 0.6 is 0 Å². The molecule has 0 bridgehead atoms. The van der Waals surface area contributed by atoms with E-state index >= 15 is 0 Å². The Labute approximate surface area is 151 Å². The van der Waals surface area contributed by atoms with Crippen LogP contribution in [0, 0.1) is 0 Å². The standard InChI is InChI=1S/C19H23N5O2/c1-4-9-13(5-2)12-15-20-16-17(23(3)22-15)21-19(26)24(18(16)25)14-10-7-6-8-11-14/h4-5,9,14H,1-2,6-8,10-12H2,3H3/b13-9+. The summed E-state index contributed by atoms with van der Waals surface area (Å²) in [5.41, 5.74) is 0.184. The Morgan fingerprint density at radius 3 is 2.58 bits per heavy atom. The molecule has 3 aliphatic rings. The van der Waals surface area contributed by atoms with Crippen LogP contribution in [-0.4, -0.2) is 24.3 Å². The topological polar surface area (TPSA) is 82.7 Å². The first-order chi connectivity index (χ1) is 12.5. The fourth-order valence-corrected chi connectivity index (χ4v) is 3.46. The van der Waals surface area contributed by atoms with Crippen molar-refractivity contribution in [2.45, 2.75) is 44.6 Å². The molecule has 0 N–H and O–H groups in total. The molecule has 0 aromatic heterocycles. The summed E-state index contributed by atoms with van der Waals surface area (Å²) in [7, 11) is 1.66. The minimum atomic E-state index is -0.514. The van der Waals surface area contributed by atoms with Crippen molar-refractivity contribution in [3.63, 3.8) is 0 Å². The predicted molar refractivity (Wildman–Crippen MR) is 100 cm³/mol. The van der Waals surface area contributed by atoms with E-state index in [1.807, 2.05) is 6.08 Å². The molecule has 7 heteroatoms. The van der Waals surface area contributed by atoms with Crippen LogP contribution in [0.4, 0.5) is 0 Å². The number of nitrogens with zero attached hydrogens (tertiary/aromatic N) is 5. The number of allylic oxidation sites excluding steroid dienone is 4. The van der Waals surface area contributed by atoms with Crippen LogP contribution in [0.2, 0.25) is 0 Å². The molecule has 0 aromatic carbocycles. The minimum absolute atomic E-state index is 0.0891. The Kier molecular flexibility index (Phi) is 5.25. The Bertz CT molecular complexity index is 947. The molecule has 3 rings (SSSR count). The smallest absolute Gasteiger partial charge is 0.267 e. The van der Waals surface area contributed by atoms with Gasteiger partial charge in [-0.05, 0) is 18.4 Å². The van der Waals surface area contributed by atoms with Crippen molar-refractivity contribution >= 4 is 0 Å². The second-order valence-corrected chi connectivity index (χ2v) is 6.54. The number of rotatable bonds is 5. The Morgan fingerprint density at radius 2 is 1.92 bits per heavy atom. The first-order valence-corrected chi connectivity index (χ1v) is 8.85. The summed E-state index contributed by atoms with van der Waals surface area (Å²) in [6, 6.07) is -0.0891. The van der Waals surface area contributed by atoms with Crippen molar-refractivity contribution in [3.05, 3.63) is 63.6 Å². The molecule has 0 saturated heterocycles. The summed E-state index contributed by atoms with van der Waals surface area (Å²) in [4.78, 5) is 33.9. The molecule has 2 heterocycles. The van der Waals surface area contributed by atoms with Gasteiger partial charge in [-0.2, -0.15) is 10.1 Å². The average molecular weight is 353 g/mol. The molecule has 1 aliphatic carbocycles. The summed E-state index contributed by atoms with van der Waals surface area (Å²) in [6.07, 6.45) is 10.4. The molecule has 0 radical (unpaired) electrons. The fourth-order valence-electron chi connectivity index (χ4n) is 3.46. The van der Waals surface area contributed by atoms with Crippen molar-refractivity contribution in [1.82, 2.24) is 24.3 Å². The van der Waals surface area contributed by atoms with Crippen LogP contribution in [0.3, 0.4) is 0 Å². The number of hydrogen-bond donors (Lipinski definition) is 0. The first-order valence-electron chi connectivity index (χ1n) is 8.85. The lowest BCUT2D eigenvalue weighted by Gasteiger charge is -2.23. The summed E-state index contributed by atoms with van der Waals surface area (Å²) in [5.74, 6) is 0.685. The van der Waals surface area contributed by atoms with Crippen molar-refractivity contribution in [3.8, 4) is 11.5 Å². The molecule has 0 atom stereocenters. The highest BCUT2D eigenvalue weighted by atomic mass is 16.2. The van der Waals surface area contributed by atoms with Gasteiger partial charge in [0.15, 0.2) is 17.3 Å². The average Bonchev–Trinajstić information content (AvgIpc) is 2.63. The maximum Gasteiger partial charge on any atom is 0.352 e. The van der Waals surface area contributed by atoms with Crippen LogP contribution < -0.4 is 11.2 Å². The molecular weight excluding hydrogens is 330 g/mol. The highest BCUT2D eigenvalue weighted by molar-refractivity contribution is 5.48. The number of hydrogen-bond acceptors (Lipinski definition) is 5. The van der Waals surface area contributed by atoms with Crippen LogP contribution in [0.5, 0.6) is 0 Å². The van der Waals surface area contributed by atoms with Crippen LogP contribution in [0.15, 0.2) is 46.5 Å². The number of aromatic nitrogens is 5. The van der Waals surface area contributed by atoms with Crippen molar-refractivity contribution in [2.24, 2.45) is 7.05 Å². The van der Waals surface area contributed by atoms with Crippen LogP contribution in [0.25, 0.3) is 11.5 Å². The molecule has 136 valence electrons. The van der Waals surface area contributed by atoms with Gasteiger partial charge in [-0.1, -0.05) is 50.6 Å². The van der Waals surface area contributed by atoms with E-state index in [4.69, 9.17) is 0 Å². The summed E-state index contributed by atoms with van der Waals surface area (Å²) >= 11 is 0. The van der Waals surface area contributed by atoms with E-state index in [0.717, 1.165) is 37.7 Å². The number of aryl methyl sites for hydroxylation is 1. The van der Waals surface area contributed by atoms with Gasteiger partial charge in [0.2, 0.25) is 0 Å². The van der Waals surface area contributed by atoms with Crippen LogP contribution in [-0.2, 0) is 13.5 Å². The van der Waals surface area contributed by atoms with E-state index in [1.165, 1.54) is 9.25 Å². The Balaban J connectivity index is 2.13. The third-order valence-electron chi connectivity index (χ3n) is 4.75.